The van der Waals surface area contributed by atoms with Gasteiger partial charge < -0.3 is 4.57 Å². The minimum absolute atomic E-state index is 0.0300. The summed E-state index contributed by atoms with van der Waals surface area (Å²) in [5, 5.41) is 10.9. The molecule has 10 aromatic rings. The van der Waals surface area contributed by atoms with Crippen LogP contribution in [0.3, 0.4) is 0 Å². The van der Waals surface area contributed by atoms with Crippen molar-refractivity contribution in [2.45, 2.75) is 12.4 Å². The van der Waals surface area contributed by atoms with Crippen molar-refractivity contribution in [2.75, 3.05) is 0 Å². The summed E-state index contributed by atoms with van der Waals surface area (Å²) in [6.07, 6.45) is -9.69. The quantitative estimate of drug-likeness (QED) is 0.150. The molecule has 0 fully saturated rings. The van der Waals surface area contributed by atoms with Gasteiger partial charge in [-0.2, -0.15) is 31.6 Å². The van der Waals surface area contributed by atoms with Gasteiger partial charge in [0.2, 0.25) is 0 Å². The maximum atomic E-state index is 15.3. The van der Waals surface area contributed by atoms with E-state index in [1.54, 1.807) is 41.0 Å². The van der Waals surface area contributed by atoms with Crippen LogP contribution in [0.15, 0.2) is 194 Å². The summed E-state index contributed by atoms with van der Waals surface area (Å²) < 4.78 is 93.7. The van der Waals surface area contributed by atoms with E-state index in [0.29, 0.717) is 39.1 Å². The molecule has 0 spiro atoms. The minimum Gasteiger partial charge on any atom is -0.308 e. The minimum atomic E-state index is -4.85. The van der Waals surface area contributed by atoms with Crippen molar-refractivity contribution in [1.82, 2.24) is 14.5 Å². The first-order valence-corrected chi connectivity index (χ1v) is 20.5. The third-order valence-electron chi connectivity index (χ3n) is 11.5. The average molecular weight is 863 g/mol. The van der Waals surface area contributed by atoms with Crippen LogP contribution in [0.2, 0.25) is 0 Å². The number of hydrogen-bond acceptors (Lipinski definition) is 3. The van der Waals surface area contributed by atoms with Gasteiger partial charge in [0, 0.05) is 38.6 Å². The third-order valence-corrected chi connectivity index (χ3v) is 11.5. The van der Waals surface area contributed by atoms with Crippen LogP contribution in [0.4, 0.5) is 26.3 Å². The van der Waals surface area contributed by atoms with Crippen molar-refractivity contribution in [3.8, 4) is 79.0 Å². The molecule has 0 unspecified atom stereocenters. The van der Waals surface area contributed by atoms with Crippen molar-refractivity contribution in [3.63, 3.8) is 0 Å². The molecule has 0 saturated heterocycles. The molecule has 0 aliphatic carbocycles. The van der Waals surface area contributed by atoms with E-state index in [9.17, 15) is 5.26 Å². The van der Waals surface area contributed by atoms with Gasteiger partial charge in [0.05, 0.1) is 50.9 Å². The van der Waals surface area contributed by atoms with Crippen LogP contribution in [0.25, 0.3) is 94.8 Å². The van der Waals surface area contributed by atoms with Crippen molar-refractivity contribution >= 4 is 21.8 Å². The van der Waals surface area contributed by atoms with E-state index in [-0.39, 0.29) is 39.2 Å². The molecule has 0 atom stereocenters. The number of nitrogens with zero attached hydrogens (tertiary/aromatic N) is 4. The Labute approximate surface area is 369 Å². The highest BCUT2D eigenvalue weighted by Gasteiger charge is 2.37. The lowest BCUT2D eigenvalue weighted by Crippen LogP contribution is -2.11. The first-order chi connectivity index (χ1) is 31.5. The van der Waals surface area contributed by atoms with Gasteiger partial charge in [-0.15, -0.1) is 0 Å². The van der Waals surface area contributed by atoms with Crippen molar-refractivity contribution < 1.29 is 26.3 Å². The zero-order valence-corrected chi connectivity index (χ0v) is 34.0. The Morgan fingerprint density at radius 3 is 1.48 bits per heavy atom. The van der Waals surface area contributed by atoms with E-state index >= 15 is 26.3 Å². The second kappa shape index (κ2) is 16.1. The molecule has 0 amide bonds. The lowest BCUT2D eigenvalue weighted by molar-refractivity contribution is -0.137. The number of fused-ring (bicyclic) bond motifs is 3. The van der Waals surface area contributed by atoms with E-state index in [1.165, 1.54) is 36.4 Å². The number of halogens is 6. The number of nitriles is 1. The fourth-order valence-electron chi connectivity index (χ4n) is 8.56. The van der Waals surface area contributed by atoms with Crippen LogP contribution in [-0.4, -0.2) is 14.5 Å². The summed E-state index contributed by atoms with van der Waals surface area (Å²) in [6, 6.07) is 55.8. The second-order valence-corrected chi connectivity index (χ2v) is 15.5. The van der Waals surface area contributed by atoms with Gasteiger partial charge in [0.25, 0.3) is 0 Å². The van der Waals surface area contributed by atoms with Crippen LogP contribution in [-0.2, 0) is 12.4 Å². The first-order valence-electron chi connectivity index (χ1n) is 20.5. The largest absolute Gasteiger partial charge is 0.417 e. The molecular weight excluding hydrogens is 831 g/mol. The highest BCUT2D eigenvalue weighted by atomic mass is 19.4. The van der Waals surface area contributed by atoms with Gasteiger partial charge in [-0.25, -0.2) is 9.97 Å². The number of para-hydroxylation sites is 1. The summed E-state index contributed by atoms with van der Waals surface area (Å²) in [4.78, 5) is 9.86. The molecule has 0 bridgehead atoms. The summed E-state index contributed by atoms with van der Waals surface area (Å²) in [5.74, 6) is 0.320. The molecule has 0 aliphatic heterocycles. The maximum absolute atomic E-state index is 15.3. The van der Waals surface area contributed by atoms with Gasteiger partial charge in [-0.1, -0.05) is 133 Å². The number of alkyl halides is 6. The molecule has 65 heavy (non-hydrogen) atoms. The van der Waals surface area contributed by atoms with Gasteiger partial charge in [0.1, 0.15) is 0 Å². The number of benzene rings is 8. The summed E-state index contributed by atoms with van der Waals surface area (Å²) in [6.45, 7) is 0. The lowest BCUT2D eigenvalue weighted by atomic mass is 9.88. The standard InChI is InChI=1S/C55H32F6N4/c56-54(57,58)46-20-10-7-17-40(46)44-30-39(49-32-48(36-13-3-1-4-14-36)63-53(64-49)37-15-5-2-6-16-37)31-45(41-18-8-11-21-47(41)55(59,60)61)52(44)65-50-22-12-9-19-42(50)43-29-38(27-28-51(43)65)35-25-23-34(33-62)24-26-35/h1-32H. The second-order valence-electron chi connectivity index (χ2n) is 15.5. The predicted molar refractivity (Wildman–Crippen MR) is 244 cm³/mol. The van der Waals surface area contributed by atoms with E-state index in [2.05, 4.69) is 6.07 Å². The normalized spacial score (nSPS) is 11.8. The van der Waals surface area contributed by atoms with Crippen LogP contribution < -0.4 is 0 Å². The maximum Gasteiger partial charge on any atom is 0.417 e. The Kier molecular flexibility index (Phi) is 10.1. The Balaban J connectivity index is 1.36. The first kappa shape index (κ1) is 40.8. The fourth-order valence-corrected chi connectivity index (χ4v) is 8.56. The van der Waals surface area contributed by atoms with E-state index in [4.69, 9.17) is 9.97 Å². The van der Waals surface area contributed by atoms with Crippen LogP contribution >= 0.6 is 0 Å². The lowest BCUT2D eigenvalue weighted by Gasteiger charge is -2.24. The Morgan fingerprint density at radius 1 is 0.400 bits per heavy atom. The number of rotatable bonds is 7. The van der Waals surface area contributed by atoms with E-state index in [0.717, 1.165) is 34.2 Å². The molecule has 0 saturated carbocycles. The van der Waals surface area contributed by atoms with Crippen molar-refractivity contribution in [3.05, 3.63) is 211 Å². The van der Waals surface area contributed by atoms with Crippen molar-refractivity contribution in [1.29, 1.82) is 5.26 Å². The molecule has 0 aliphatic rings. The van der Waals surface area contributed by atoms with Gasteiger partial charge in [0.15, 0.2) is 5.82 Å². The molecule has 8 aromatic carbocycles. The van der Waals surface area contributed by atoms with E-state index in [1.807, 2.05) is 109 Å². The molecule has 10 rings (SSSR count). The van der Waals surface area contributed by atoms with Gasteiger partial charge in [-0.05, 0) is 82.9 Å². The molecule has 314 valence electrons. The monoisotopic (exact) mass is 862 g/mol. The highest BCUT2D eigenvalue weighted by Crippen LogP contribution is 2.49. The third kappa shape index (κ3) is 7.57. The zero-order valence-electron chi connectivity index (χ0n) is 34.0. The molecule has 10 heteroatoms. The van der Waals surface area contributed by atoms with E-state index < -0.39 is 23.5 Å². The number of hydrogen-bond donors (Lipinski definition) is 0. The molecule has 0 radical (unpaired) electrons. The molecule has 2 aromatic heterocycles. The summed E-state index contributed by atoms with van der Waals surface area (Å²) in [7, 11) is 0. The molecule has 0 N–H and O–H groups in total. The average Bonchev–Trinajstić information content (AvgIpc) is 3.66. The van der Waals surface area contributed by atoms with Crippen LogP contribution in [0.5, 0.6) is 0 Å². The summed E-state index contributed by atoms with van der Waals surface area (Å²) >= 11 is 0. The molecule has 2 heterocycles. The highest BCUT2D eigenvalue weighted by molar-refractivity contribution is 6.12. The Hall–Kier alpha value is -8.29. The van der Waals surface area contributed by atoms with Gasteiger partial charge in [-0.3, -0.25) is 0 Å². The fraction of sp³-hybridized carbons (Fsp3) is 0.0364. The number of aromatic nitrogens is 3. The SMILES string of the molecule is N#Cc1ccc(-c2ccc3c(c2)c2ccccc2n3-c2c(-c3ccccc3C(F)(F)F)cc(-c3cc(-c4ccccc4)nc(-c4ccccc4)n3)cc2-c2ccccc2C(F)(F)F)cc1. The smallest absolute Gasteiger partial charge is 0.308 e. The predicted octanol–water partition coefficient (Wildman–Crippen LogP) is 15.5. The molecule has 4 nitrogen and oxygen atoms in total. The molecular formula is C55H32F6N4. The topological polar surface area (TPSA) is 54.5 Å². The zero-order chi connectivity index (χ0) is 44.9. The van der Waals surface area contributed by atoms with Crippen LogP contribution in [0.1, 0.15) is 16.7 Å². The van der Waals surface area contributed by atoms with Crippen LogP contribution in [0, 0.1) is 11.3 Å². The Bertz CT molecular complexity index is 3320. The Morgan fingerprint density at radius 2 is 0.892 bits per heavy atom. The summed E-state index contributed by atoms with van der Waals surface area (Å²) in [5.41, 5.74) is 3.47. The van der Waals surface area contributed by atoms with Gasteiger partial charge >= 0.3 is 12.4 Å². The van der Waals surface area contributed by atoms with Crippen molar-refractivity contribution in [2.24, 2.45) is 0 Å².